The third kappa shape index (κ3) is 2.35. The van der Waals surface area contributed by atoms with E-state index >= 15 is 0 Å². The Morgan fingerprint density at radius 1 is 1.57 bits per heavy atom. The van der Waals surface area contributed by atoms with Gasteiger partial charge >= 0.3 is 0 Å². The Balaban J connectivity index is 3.15. The monoisotopic (exact) mass is 214 g/mol. The van der Waals surface area contributed by atoms with Crippen LogP contribution in [0.2, 0.25) is 5.02 Å². The molecule has 5 heteroatoms. The molecule has 1 amide bonds. The van der Waals surface area contributed by atoms with Crippen LogP contribution in [0.25, 0.3) is 0 Å². The van der Waals surface area contributed by atoms with Crippen molar-refractivity contribution in [2.24, 2.45) is 5.73 Å². The van der Waals surface area contributed by atoms with Gasteiger partial charge in [0.2, 0.25) is 0 Å². The summed E-state index contributed by atoms with van der Waals surface area (Å²) in [4.78, 5) is 14.8. The van der Waals surface area contributed by atoms with Gasteiger partial charge in [-0.25, -0.2) is 0 Å². The van der Waals surface area contributed by atoms with Crippen molar-refractivity contribution in [3.63, 3.8) is 0 Å². The molecule has 2 N–H and O–H groups in total. The molecule has 4 nitrogen and oxygen atoms in total. The number of hydrogen-bond donors (Lipinski definition) is 1. The SMILES string of the molecule is CC(C)Oc1c(Cl)cncc1C(N)=O. The van der Waals surface area contributed by atoms with Crippen LogP contribution in [0.4, 0.5) is 0 Å². The summed E-state index contributed by atoms with van der Waals surface area (Å²) in [5, 5.41) is 0.287. The molecular formula is C9H11ClN2O2. The van der Waals surface area contributed by atoms with Crippen molar-refractivity contribution in [1.82, 2.24) is 4.98 Å². The second-order valence-electron chi connectivity index (χ2n) is 3.03. The van der Waals surface area contributed by atoms with E-state index in [0.29, 0.717) is 5.75 Å². The van der Waals surface area contributed by atoms with Crippen molar-refractivity contribution in [3.05, 3.63) is 23.0 Å². The van der Waals surface area contributed by atoms with Crippen molar-refractivity contribution in [3.8, 4) is 5.75 Å². The minimum Gasteiger partial charge on any atom is -0.488 e. The lowest BCUT2D eigenvalue weighted by Gasteiger charge is -2.13. The summed E-state index contributed by atoms with van der Waals surface area (Å²) in [7, 11) is 0. The number of carbonyl (C=O) groups is 1. The minimum absolute atomic E-state index is 0.0759. The topological polar surface area (TPSA) is 65.2 Å². The maximum atomic E-state index is 11.0. The van der Waals surface area contributed by atoms with Gasteiger partial charge in [0.15, 0.2) is 5.75 Å². The van der Waals surface area contributed by atoms with E-state index in [1.807, 2.05) is 13.8 Å². The number of amides is 1. The quantitative estimate of drug-likeness (QED) is 0.832. The van der Waals surface area contributed by atoms with Crippen LogP contribution in [0.5, 0.6) is 5.75 Å². The van der Waals surface area contributed by atoms with Gasteiger partial charge in [-0.2, -0.15) is 0 Å². The summed E-state index contributed by atoms with van der Waals surface area (Å²) >= 11 is 5.82. The van der Waals surface area contributed by atoms with Crippen molar-refractivity contribution in [2.75, 3.05) is 0 Å². The van der Waals surface area contributed by atoms with Crippen LogP contribution in [-0.4, -0.2) is 17.0 Å². The summed E-state index contributed by atoms with van der Waals surface area (Å²) in [6.07, 6.45) is 2.67. The van der Waals surface area contributed by atoms with Gasteiger partial charge in [-0.1, -0.05) is 11.6 Å². The number of nitrogens with zero attached hydrogens (tertiary/aromatic N) is 1. The Labute approximate surface area is 87.0 Å². The predicted molar refractivity (Wildman–Crippen MR) is 53.5 cm³/mol. The number of hydrogen-bond acceptors (Lipinski definition) is 3. The first kappa shape index (κ1) is 10.8. The normalized spacial score (nSPS) is 10.3. The zero-order valence-electron chi connectivity index (χ0n) is 7.95. The van der Waals surface area contributed by atoms with Crippen LogP contribution in [0.1, 0.15) is 24.2 Å². The molecule has 0 unspecified atom stereocenters. The molecule has 76 valence electrons. The Kier molecular flexibility index (Phi) is 3.30. The summed E-state index contributed by atoms with van der Waals surface area (Å²) < 4.78 is 5.36. The highest BCUT2D eigenvalue weighted by Crippen LogP contribution is 2.27. The molecule has 0 aromatic carbocycles. The molecule has 0 saturated heterocycles. The Morgan fingerprint density at radius 2 is 2.21 bits per heavy atom. The summed E-state index contributed by atoms with van der Waals surface area (Å²) in [6, 6.07) is 0. The molecule has 0 aliphatic rings. The molecule has 1 aromatic heterocycles. The third-order valence-electron chi connectivity index (χ3n) is 1.47. The first-order valence-electron chi connectivity index (χ1n) is 4.12. The zero-order valence-corrected chi connectivity index (χ0v) is 8.71. The molecule has 0 atom stereocenters. The van der Waals surface area contributed by atoms with Gasteiger partial charge in [-0.05, 0) is 13.8 Å². The van der Waals surface area contributed by atoms with E-state index in [2.05, 4.69) is 4.98 Å². The molecular weight excluding hydrogens is 204 g/mol. The number of ether oxygens (including phenoxy) is 1. The van der Waals surface area contributed by atoms with Crippen molar-refractivity contribution < 1.29 is 9.53 Å². The summed E-state index contributed by atoms with van der Waals surface area (Å²) in [5.41, 5.74) is 5.34. The zero-order chi connectivity index (χ0) is 10.7. The van der Waals surface area contributed by atoms with Gasteiger partial charge in [0.25, 0.3) is 5.91 Å². The van der Waals surface area contributed by atoms with E-state index in [1.54, 1.807) is 0 Å². The van der Waals surface area contributed by atoms with Crippen LogP contribution >= 0.6 is 11.6 Å². The highest BCUT2D eigenvalue weighted by atomic mass is 35.5. The lowest BCUT2D eigenvalue weighted by atomic mass is 10.2. The lowest BCUT2D eigenvalue weighted by molar-refractivity contribution is 0.0994. The van der Waals surface area contributed by atoms with Gasteiger partial charge in [-0.3, -0.25) is 9.78 Å². The van der Waals surface area contributed by atoms with Crippen molar-refractivity contribution in [1.29, 1.82) is 0 Å². The third-order valence-corrected chi connectivity index (χ3v) is 1.74. The van der Waals surface area contributed by atoms with Crippen LogP contribution < -0.4 is 10.5 Å². The number of aromatic nitrogens is 1. The fourth-order valence-electron chi connectivity index (χ4n) is 0.954. The summed E-state index contributed by atoms with van der Waals surface area (Å²) in [5.74, 6) is -0.306. The smallest absolute Gasteiger partial charge is 0.254 e. The average molecular weight is 215 g/mol. The average Bonchev–Trinajstić information content (AvgIpc) is 2.07. The van der Waals surface area contributed by atoms with Crippen LogP contribution in [0.3, 0.4) is 0 Å². The molecule has 0 radical (unpaired) electrons. The van der Waals surface area contributed by atoms with E-state index < -0.39 is 5.91 Å². The second-order valence-corrected chi connectivity index (χ2v) is 3.44. The van der Waals surface area contributed by atoms with Gasteiger partial charge in [0.05, 0.1) is 6.10 Å². The molecule has 0 spiro atoms. The van der Waals surface area contributed by atoms with Gasteiger partial charge < -0.3 is 10.5 Å². The number of pyridine rings is 1. The van der Waals surface area contributed by atoms with Crippen molar-refractivity contribution >= 4 is 17.5 Å². The van der Waals surface area contributed by atoms with Crippen molar-refractivity contribution in [2.45, 2.75) is 20.0 Å². The largest absolute Gasteiger partial charge is 0.488 e. The second kappa shape index (κ2) is 4.28. The Bertz CT molecular complexity index is 353. The van der Waals surface area contributed by atoms with Gasteiger partial charge in [0.1, 0.15) is 10.6 Å². The lowest BCUT2D eigenvalue weighted by Crippen LogP contribution is -2.16. The van der Waals surface area contributed by atoms with Crippen LogP contribution in [0, 0.1) is 0 Å². The van der Waals surface area contributed by atoms with E-state index in [1.165, 1.54) is 12.4 Å². The number of primary amides is 1. The predicted octanol–water partition coefficient (Wildman–Crippen LogP) is 1.62. The number of halogens is 1. The first-order chi connectivity index (χ1) is 6.52. The Hall–Kier alpha value is -1.29. The van der Waals surface area contributed by atoms with Gasteiger partial charge in [0, 0.05) is 12.4 Å². The molecule has 14 heavy (non-hydrogen) atoms. The number of nitrogens with two attached hydrogens (primary N) is 1. The van der Waals surface area contributed by atoms with E-state index in [4.69, 9.17) is 22.1 Å². The highest BCUT2D eigenvalue weighted by molar-refractivity contribution is 6.32. The summed E-state index contributed by atoms with van der Waals surface area (Å²) in [6.45, 7) is 3.67. The fraction of sp³-hybridized carbons (Fsp3) is 0.333. The molecule has 0 bridgehead atoms. The molecule has 0 saturated carbocycles. The molecule has 0 aliphatic heterocycles. The van der Waals surface area contributed by atoms with Crippen LogP contribution in [-0.2, 0) is 0 Å². The molecule has 1 rings (SSSR count). The number of carbonyl (C=O) groups excluding carboxylic acids is 1. The first-order valence-corrected chi connectivity index (χ1v) is 4.50. The Morgan fingerprint density at radius 3 is 2.71 bits per heavy atom. The van der Waals surface area contributed by atoms with Crippen LogP contribution in [0.15, 0.2) is 12.4 Å². The molecule has 1 heterocycles. The molecule has 0 aliphatic carbocycles. The fourth-order valence-corrected chi connectivity index (χ4v) is 1.16. The maximum absolute atomic E-state index is 11.0. The van der Waals surface area contributed by atoms with E-state index in [-0.39, 0.29) is 16.7 Å². The van der Waals surface area contributed by atoms with E-state index in [0.717, 1.165) is 0 Å². The minimum atomic E-state index is -0.601. The maximum Gasteiger partial charge on any atom is 0.254 e. The molecule has 1 aromatic rings. The molecule has 0 fully saturated rings. The standard InChI is InChI=1S/C9H11ClN2O2/c1-5(2)14-8-6(9(11)13)3-12-4-7(8)10/h3-5H,1-2H3,(H2,11,13). The highest BCUT2D eigenvalue weighted by Gasteiger charge is 2.14. The van der Waals surface area contributed by atoms with Gasteiger partial charge in [-0.15, -0.1) is 0 Å². The number of rotatable bonds is 3. The van der Waals surface area contributed by atoms with E-state index in [9.17, 15) is 4.79 Å².